The second kappa shape index (κ2) is 8.12. The molecule has 0 unspecified atom stereocenters. The van der Waals surface area contributed by atoms with Gasteiger partial charge in [0.1, 0.15) is 5.82 Å². The predicted molar refractivity (Wildman–Crippen MR) is 112 cm³/mol. The highest BCUT2D eigenvalue weighted by atomic mass is 35.5. The van der Waals surface area contributed by atoms with Crippen molar-refractivity contribution >= 4 is 11.6 Å². The fourth-order valence-corrected chi connectivity index (χ4v) is 3.55. The van der Waals surface area contributed by atoms with Crippen LogP contribution in [0.1, 0.15) is 22.5 Å². The molecule has 0 aliphatic rings. The largest absolute Gasteiger partial charge is 0.330 e. The first-order valence-corrected chi connectivity index (χ1v) is 9.43. The normalized spacial score (nSPS) is 10.6. The summed E-state index contributed by atoms with van der Waals surface area (Å²) < 4.78 is 2.13. The Bertz CT molecular complexity index is 1120. The molecule has 1 heterocycles. The van der Waals surface area contributed by atoms with Gasteiger partial charge in [0.2, 0.25) is 0 Å². The maximum atomic E-state index is 8.93. The second-order valence-electron chi connectivity index (χ2n) is 6.64. The molecule has 3 aromatic carbocycles. The lowest BCUT2D eigenvalue weighted by molar-refractivity contribution is 0.740. The number of nitrogens with zero attached hydrogens (tertiary/aromatic N) is 3. The van der Waals surface area contributed by atoms with Crippen LogP contribution in [0, 0.1) is 11.3 Å². The average molecular weight is 384 g/mol. The molecule has 0 N–H and O–H groups in total. The Labute approximate surface area is 169 Å². The van der Waals surface area contributed by atoms with E-state index in [1.807, 2.05) is 60.9 Å². The van der Waals surface area contributed by atoms with Gasteiger partial charge in [0.05, 0.1) is 11.6 Å². The van der Waals surface area contributed by atoms with Crippen molar-refractivity contribution in [2.45, 2.75) is 13.0 Å². The fourth-order valence-electron chi connectivity index (χ4n) is 3.24. The van der Waals surface area contributed by atoms with Crippen molar-refractivity contribution in [2.75, 3.05) is 0 Å². The first-order valence-electron chi connectivity index (χ1n) is 9.06. The smallest absolute Gasteiger partial charge is 0.113 e. The molecule has 0 radical (unpaired) electrons. The van der Waals surface area contributed by atoms with Gasteiger partial charge in [0, 0.05) is 35.9 Å². The number of nitriles is 1. The molecule has 1 aromatic heterocycles. The van der Waals surface area contributed by atoms with Crippen molar-refractivity contribution in [3.63, 3.8) is 0 Å². The highest BCUT2D eigenvalue weighted by Gasteiger charge is 2.08. The molecule has 28 heavy (non-hydrogen) atoms. The summed E-state index contributed by atoms with van der Waals surface area (Å²) in [7, 11) is 0. The zero-order valence-corrected chi connectivity index (χ0v) is 16.0. The molecule has 3 nitrogen and oxygen atoms in total. The van der Waals surface area contributed by atoms with E-state index in [9.17, 15) is 0 Å². The van der Waals surface area contributed by atoms with Gasteiger partial charge in [0.15, 0.2) is 0 Å². The molecule has 0 saturated heterocycles. The lowest BCUT2D eigenvalue weighted by Gasteiger charge is -2.11. The van der Waals surface area contributed by atoms with Gasteiger partial charge in [-0.15, -0.1) is 0 Å². The van der Waals surface area contributed by atoms with Gasteiger partial charge < -0.3 is 4.57 Å². The summed E-state index contributed by atoms with van der Waals surface area (Å²) >= 11 is 6.55. The van der Waals surface area contributed by atoms with Crippen LogP contribution in [0.25, 0.3) is 11.1 Å². The minimum absolute atomic E-state index is 0.667. The van der Waals surface area contributed by atoms with E-state index in [4.69, 9.17) is 16.9 Å². The van der Waals surface area contributed by atoms with Gasteiger partial charge in [-0.2, -0.15) is 5.26 Å². The first-order chi connectivity index (χ1) is 13.7. The van der Waals surface area contributed by atoms with Crippen LogP contribution in [0.15, 0.2) is 85.2 Å². The molecule has 0 bridgehead atoms. The Morgan fingerprint density at radius 2 is 1.68 bits per heavy atom. The summed E-state index contributed by atoms with van der Waals surface area (Å²) in [6.07, 6.45) is 4.52. The zero-order chi connectivity index (χ0) is 19.3. The maximum Gasteiger partial charge on any atom is 0.113 e. The van der Waals surface area contributed by atoms with Crippen LogP contribution in [0.3, 0.4) is 0 Å². The fraction of sp³-hybridized carbons (Fsp3) is 0.0833. The van der Waals surface area contributed by atoms with Crippen molar-refractivity contribution in [1.29, 1.82) is 5.26 Å². The monoisotopic (exact) mass is 383 g/mol. The quantitative estimate of drug-likeness (QED) is 0.442. The van der Waals surface area contributed by atoms with Crippen LogP contribution in [0.5, 0.6) is 0 Å². The van der Waals surface area contributed by atoms with Crippen molar-refractivity contribution in [1.82, 2.24) is 9.55 Å². The Hall–Kier alpha value is -3.35. The van der Waals surface area contributed by atoms with Crippen LogP contribution in [0.4, 0.5) is 0 Å². The summed E-state index contributed by atoms with van der Waals surface area (Å²) in [5.41, 5.74) is 5.07. The predicted octanol–water partition coefficient (Wildman–Crippen LogP) is 5.71. The number of rotatable bonds is 5. The van der Waals surface area contributed by atoms with Gasteiger partial charge in [-0.25, -0.2) is 4.98 Å². The highest BCUT2D eigenvalue weighted by molar-refractivity contribution is 6.33. The molecule has 0 aliphatic heterocycles. The number of benzene rings is 3. The minimum Gasteiger partial charge on any atom is -0.330 e. The number of aromatic nitrogens is 2. The van der Waals surface area contributed by atoms with E-state index >= 15 is 0 Å². The molecule has 0 saturated carbocycles. The summed E-state index contributed by atoms with van der Waals surface area (Å²) in [6, 6.07) is 26.1. The SMILES string of the molecule is N#Cc1ccc(Cc2nccn2Cc2ccc(-c3ccccc3)c(Cl)c2)cc1. The summed E-state index contributed by atoms with van der Waals surface area (Å²) in [4.78, 5) is 4.50. The highest BCUT2D eigenvalue weighted by Crippen LogP contribution is 2.29. The van der Waals surface area contributed by atoms with Gasteiger partial charge in [-0.05, 0) is 34.9 Å². The Morgan fingerprint density at radius 1 is 0.929 bits per heavy atom. The van der Waals surface area contributed by atoms with Crippen LogP contribution < -0.4 is 0 Å². The first kappa shape index (κ1) is 18.0. The summed E-state index contributed by atoms with van der Waals surface area (Å²) in [5, 5.41) is 9.68. The molecule has 4 aromatic rings. The van der Waals surface area contributed by atoms with Gasteiger partial charge in [-0.3, -0.25) is 0 Å². The number of imidazole rings is 1. The van der Waals surface area contributed by atoms with E-state index in [2.05, 4.69) is 39.9 Å². The van der Waals surface area contributed by atoms with E-state index in [0.717, 1.165) is 33.1 Å². The third kappa shape index (κ3) is 3.98. The lowest BCUT2D eigenvalue weighted by atomic mass is 10.0. The summed E-state index contributed by atoms with van der Waals surface area (Å²) in [6.45, 7) is 0.709. The summed E-state index contributed by atoms with van der Waals surface area (Å²) in [5.74, 6) is 0.980. The number of halogens is 1. The Morgan fingerprint density at radius 3 is 2.39 bits per heavy atom. The molecule has 4 rings (SSSR count). The topological polar surface area (TPSA) is 41.6 Å². The molecule has 0 aliphatic carbocycles. The molecular weight excluding hydrogens is 366 g/mol. The lowest BCUT2D eigenvalue weighted by Crippen LogP contribution is -2.05. The van der Waals surface area contributed by atoms with E-state index in [1.54, 1.807) is 0 Å². The van der Waals surface area contributed by atoms with Crippen molar-refractivity contribution in [3.8, 4) is 17.2 Å². The van der Waals surface area contributed by atoms with Crippen molar-refractivity contribution in [2.24, 2.45) is 0 Å². The third-order valence-electron chi connectivity index (χ3n) is 4.72. The Balaban J connectivity index is 1.53. The van der Waals surface area contributed by atoms with Crippen LogP contribution in [-0.4, -0.2) is 9.55 Å². The molecule has 136 valence electrons. The maximum absolute atomic E-state index is 8.93. The van der Waals surface area contributed by atoms with Crippen LogP contribution >= 0.6 is 11.6 Å². The van der Waals surface area contributed by atoms with E-state index in [1.165, 1.54) is 0 Å². The van der Waals surface area contributed by atoms with E-state index < -0.39 is 0 Å². The standard InChI is InChI=1S/C24H18ClN3/c25-23-14-20(10-11-22(23)21-4-2-1-3-5-21)17-28-13-12-27-24(28)15-18-6-8-19(16-26)9-7-18/h1-14H,15,17H2. The van der Waals surface area contributed by atoms with Crippen LogP contribution in [0.2, 0.25) is 5.02 Å². The van der Waals surface area contributed by atoms with E-state index in [-0.39, 0.29) is 0 Å². The van der Waals surface area contributed by atoms with Crippen LogP contribution in [-0.2, 0) is 13.0 Å². The third-order valence-corrected chi connectivity index (χ3v) is 5.03. The number of hydrogen-bond donors (Lipinski definition) is 0. The number of hydrogen-bond acceptors (Lipinski definition) is 2. The molecular formula is C24H18ClN3. The molecule has 0 spiro atoms. The molecule has 4 heteroatoms. The van der Waals surface area contributed by atoms with E-state index in [0.29, 0.717) is 18.5 Å². The van der Waals surface area contributed by atoms with Crippen molar-refractivity contribution < 1.29 is 0 Å². The minimum atomic E-state index is 0.667. The van der Waals surface area contributed by atoms with Crippen molar-refractivity contribution in [3.05, 3.63) is 113 Å². The second-order valence-corrected chi connectivity index (χ2v) is 7.04. The molecule has 0 atom stereocenters. The molecule has 0 fully saturated rings. The molecule has 0 amide bonds. The Kier molecular flexibility index (Phi) is 5.23. The average Bonchev–Trinajstić information content (AvgIpc) is 3.16. The van der Waals surface area contributed by atoms with Gasteiger partial charge >= 0.3 is 0 Å². The zero-order valence-electron chi connectivity index (χ0n) is 15.2. The van der Waals surface area contributed by atoms with Gasteiger partial charge in [-0.1, -0.05) is 66.2 Å². The van der Waals surface area contributed by atoms with Gasteiger partial charge in [0.25, 0.3) is 0 Å².